The SMILES string of the molecule is CCCNCC(CCOCC)c1ccc(C)cc1. The van der Waals surface area contributed by atoms with Crippen LogP contribution in [-0.2, 0) is 4.74 Å². The van der Waals surface area contributed by atoms with E-state index < -0.39 is 0 Å². The second kappa shape index (κ2) is 9.12. The van der Waals surface area contributed by atoms with Gasteiger partial charge in [-0.25, -0.2) is 0 Å². The third kappa shape index (κ3) is 5.65. The largest absolute Gasteiger partial charge is 0.382 e. The van der Waals surface area contributed by atoms with Crippen LogP contribution >= 0.6 is 0 Å². The molecule has 0 heterocycles. The Morgan fingerprint density at radius 1 is 1.17 bits per heavy atom. The lowest BCUT2D eigenvalue weighted by Gasteiger charge is -2.18. The van der Waals surface area contributed by atoms with Gasteiger partial charge in [0.05, 0.1) is 0 Å². The maximum atomic E-state index is 5.49. The van der Waals surface area contributed by atoms with Crippen LogP contribution in [0, 0.1) is 6.92 Å². The van der Waals surface area contributed by atoms with Crippen molar-refractivity contribution < 1.29 is 4.74 Å². The van der Waals surface area contributed by atoms with Crippen molar-refractivity contribution in [2.24, 2.45) is 0 Å². The Hall–Kier alpha value is -0.860. The second-order valence-electron chi connectivity index (χ2n) is 4.80. The molecule has 0 aliphatic carbocycles. The van der Waals surface area contributed by atoms with Gasteiger partial charge in [0.1, 0.15) is 0 Å². The normalized spacial score (nSPS) is 12.6. The first-order chi connectivity index (χ1) is 8.77. The van der Waals surface area contributed by atoms with Crippen LogP contribution in [0.3, 0.4) is 0 Å². The van der Waals surface area contributed by atoms with Gasteiger partial charge in [0, 0.05) is 19.8 Å². The molecule has 0 amide bonds. The van der Waals surface area contributed by atoms with Crippen LogP contribution in [-0.4, -0.2) is 26.3 Å². The van der Waals surface area contributed by atoms with Gasteiger partial charge in [0.25, 0.3) is 0 Å². The number of hydrogen-bond acceptors (Lipinski definition) is 2. The van der Waals surface area contributed by atoms with Crippen molar-refractivity contribution in [2.75, 3.05) is 26.3 Å². The summed E-state index contributed by atoms with van der Waals surface area (Å²) in [6, 6.07) is 8.89. The molecule has 18 heavy (non-hydrogen) atoms. The van der Waals surface area contributed by atoms with E-state index in [2.05, 4.69) is 50.4 Å². The van der Waals surface area contributed by atoms with Crippen LogP contribution < -0.4 is 5.32 Å². The zero-order chi connectivity index (χ0) is 13.2. The molecule has 2 heteroatoms. The maximum Gasteiger partial charge on any atom is 0.0472 e. The predicted octanol–water partition coefficient (Wildman–Crippen LogP) is 3.50. The first kappa shape index (κ1) is 15.2. The van der Waals surface area contributed by atoms with Crippen LogP contribution in [0.15, 0.2) is 24.3 Å². The number of rotatable bonds is 9. The molecule has 1 N–H and O–H groups in total. The summed E-state index contributed by atoms with van der Waals surface area (Å²) < 4.78 is 5.49. The highest BCUT2D eigenvalue weighted by Crippen LogP contribution is 2.19. The van der Waals surface area contributed by atoms with Gasteiger partial charge in [-0.3, -0.25) is 0 Å². The van der Waals surface area contributed by atoms with Gasteiger partial charge in [-0.1, -0.05) is 36.8 Å². The number of hydrogen-bond donors (Lipinski definition) is 1. The highest BCUT2D eigenvalue weighted by Gasteiger charge is 2.10. The molecule has 1 unspecified atom stereocenters. The first-order valence-electron chi connectivity index (χ1n) is 7.13. The summed E-state index contributed by atoms with van der Waals surface area (Å²) in [6.07, 6.45) is 2.28. The summed E-state index contributed by atoms with van der Waals surface area (Å²) in [4.78, 5) is 0. The van der Waals surface area contributed by atoms with E-state index in [9.17, 15) is 0 Å². The van der Waals surface area contributed by atoms with E-state index in [4.69, 9.17) is 4.74 Å². The minimum absolute atomic E-state index is 0.559. The van der Waals surface area contributed by atoms with E-state index in [-0.39, 0.29) is 0 Å². The molecule has 2 nitrogen and oxygen atoms in total. The van der Waals surface area contributed by atoms with Crippen LogP contribution in [0.4, 0.5) is 0 Å². The van der Waals surface area contributed by atoms with E-state index in [0.29, 0.717) is 5.92 Å². The van der Waals surface area contributed by atoms with Gasteiger partial charge in [-0.2, -0.15) is 0 Å². The molecule has 0 aliphatic heterocycles. The van der Waals surface area contributed by atoms with Crippen LogP contribution in [0.2, 0.25) is 0 Å². The highest BCUT2D eigenvalue weighted by molar-refractivity contribution is 5.24. The average Bonchev–Trinajstić information content (AvgIpc) is 2.38. The molecule has 1 aromatic carbocycles. The maximum absolute atomic E-state index is 5.49. The van der Waals surface area contributed by atoms with Crippen molar-refractivity contribution in [3.8, 4) is 0 Å². The molecule has 1 aromatic rings. The Balaban J connectivity index is 2.54. The van der Waals surface area contributed by atoms with Gasteiger partial charge in [-0.15, -0.1) is 0 Å². The standard InChI is InChI=1S/C16H27NO/c1-4-11-17-13-16(10-12-18-5-2)15-8-6-14(3)7-9-15/h6-9,16-17H,4-5,10-13H2,1-3H3. The molecule has 1 rings (SSSR count). The summed E-state index contributed by atoms with van der Waals surface area (Å²) in [5.41, 5.74) is 2.74. The van der Waals surface area contributed by atoms with Crippen molar-refractivity contribution in [2.45, 2.75) is 39.5 Å². The van der Waals surface area contributed by atoms with Crippen LogP contribution in [0.5, 0.6) is 0 Å². The number of aryl methyl sites for hydroxylation is 1. The molecular weight excluding hydrogens is 222 g/mol. The fraction of sp³-hybridized carbons (Fsp3) is 0.625. The van der Waals surface area contributed by atoms with Gasteiger partial charge in [0.2, 0.25) is 0 Å². The predicted molar refractivity (Wildman–Crippen MR) is 78.2 cm³/mol. The Morgan fingerprint density at radius 3 is 2.50 bits per heavy atom. The summed E-state index contributed by atoms with van der Waals surface area (Å²) in [6.45, 7) is 10.2. The molecule has 0 saturated carbocycles. The van der Waals surface area contributed by atoms with Crippen molar-refractivity contribution in [1.29, 1.82) is 0 Å². The monoisotopic (exact) mass is 249 g/mol. The lowest BCUT2D eigenvalue weighted by Crippen LogP contribution is -2.23. The zero-order valence-electron chi connectivity index (χ0n) is 12.0. The molecular formula is C16H27NO. The summed E-state index contributed by atoms with van der Waals surface area (Å²) in [5.74, 6) is 0.559. The van der Waals surface area contributed by atoms with Crippen LogP contribution in [0.1, 0.15) is 43.7 Å². The zero-order valence-corrected chi connectivity index (χ0v) is 12.0. The summed E-state index contributed by atoms with van der Waals surface area (Å²) in [5, 5.41) is 3.52. The minimum atomic E-state index is 0.559. The van der Waals surface area contributed by atoms with E-state index in [1.165, 1.54) is 17.5 Å². The molecule has 0 bridgehead atoms. The number of nitrogens with one attached hydrogen (secondary N) is 1. The Kier molecular flexibility index (Phi) is 7.70. The van der Waals surface area contributed by atoms with Crippen LogP contribution in [0.25, 0.3) is 0 Å². The van der Waals surface area contributed by atoms with Gasteiger partial charge >= 0.3 is 0 Å². The van der Waals surface area contributed by atoms with E-state index >= 15 is 0 Å². The first-order valence-corrected chi connectivity index (χ1v) is 7.13. The number of benzene rings is 1. The summed E-state index contributed by atoms with van der Waals surface area (Å²) in [7, 11) is 0. The lowest BCUT2D eigenvalue weighted by molar-refractivity contribution is 0.139. The fourth-order valence-electron chi connectivity index (χ4n) is 2.05. The van der Waals surface area contributed by atoms with Gasteiger partial charge in [-0.05, 0) is 44.7 Å². The summed E-state index contributed by atoms with van der Waals surface area (Å²) >= 11 is 0. The Bertz CT molecular complexity index is 297. The smallest absolute Gasteiger partial charge is 0.0472 e. The topological polar surface area (TPSA) is 21.3 Å². The highest BCUT2D eigenvalue weighted by atomic mass is 16.5. The molecule has 0 spiro atoms. The Labute approximate surface area is 112 Å². The molecule has 102 valence electrons. The quantitative estimate of drug-likeness (QED) is 0.676. The molecule has 0 aromatic heterocycles. The molecule has 0 aliphatic rings. The molecule has 0 saturated heterocycles. The second-order valence-corrected chi connectivity index (χ2v) is 4.80. The van der Waals surface area contributed by atoms with Gasteiger partial charge in [0.15, 0.2) is 0 Å². The number of ether oxygens (including phenoxy) is 1. The third-order valence-electron chi connectivity index (χ3n) is 3.18. The van der Waals surface area contributed by atoms with E-state index in [0.717, 1.165) is 32.7 Å². The van der Waals surface area contributed by atoms with Crippen molar-refractivity contribution in [3.63, 3.8) is 0 Å². The Morgan fingerprint density at radius 2 is 1.89 bits per heavy atom. The molecule has 0 radical (unpaired) electrons. The third-order valence-corrected chi connectivity index (χ3v) is 3.18. The van der Waals surface area contributed by atoms with Crippen molar-refractivity contribution in [1.82, 2.24) is 5.32 Å². The van der Waals surface area contributed by atoms with E-state index in [1.807, 2.05) is 0 Å². The van der Waals surface area contributed by atoms with Crippen molar-refractivity contribution >= 4 is 0 Å². The average molecular weight is 249 g/mol. The van der Waals surface area contributed by atoms with Gasteiger partial charge < -0.3 is 10.1 Å². The molecule has 0 fully saturated rings. The minimum Gasteiger partial charge on any atom is -0.382 e. The fourth-order valence-corrected chi connectivity index (χ4v) is 2.05. The van der Waals surface area contributed by atoms with Crippen molar-refractivity contribution in [3.05, 3.63) is 35.4 Å². The lowest BCUT2D eigenvalue weighted by atomic mass is 9.95. The molecule has 1 atom stereocenters. The van der Waals surface area contributed by atoms with E-state index in [1.54, 1.807) is 0 Å².